The molecule has 4 aromatic heterocycles. The molecule has 0 unspecified atom stereocenters. The quantitative estimate of drug-likeness (QED) is 0.119. The third kappa shape index (κ3) is 10.4. The van der Waals surface area contributed by atoms with Gasteiger partial charge in [-0.05, 0) is 69.3 Å². The number of piperazine rings is 2. The number of benzene rings is 3. The summed E-state index contributed by atoms with van der Waals surface area (Å²) in [6, 6.07) is 32.8. The molecule has 0 aliphatic carbocycles. The molecule has 7 aromatic rings. The summed E-state index contributed by atoms with van der Waals surface area (Å²) in [5.74, 6) is 0.817. The van der Waals surface area contributed by atoms with E-state index < -0.39 is 5.60 Å². The third-order valence-corrected chi connectivity index (χ3v) is 11.5. The minimum Gasteiger partial charge on any atom is -0.497 e. The van der Waals surface area contributed by atoms with Crippen LogP contribution in [0.5, 0.6) is 11.5 Å². The molecular weight excluding hydrogens is 821 g/mol. The molecule has 15 heteroatoms. The Hall–Kier alpha value is -6.94. The minimum atomic E-state index is -0.477. The molecule has 9 rings (SSSR count). The average molecular weight is 879 g/mol. The summed E-state index contributed by atoms with van der Waals surface area (Å²) in [6.07, 6.45) is 3.85. The molecule has 338 valence electrons. The van der Waals surface area contributed by atoms with Gasteiger partial charge in [-0.2, -0.15) is 0 Å². The van der Waals surface area contributed by atoms with Gasteiger partial charge in [0.15, 0.2) is 0 Å². The van der Waals surface area contributed by atoms with Gasteiger partial charge in [-0.3, -0.25) is 14.6 Å². The van der Waals surface area contributed by atoms with Crippen LogP contribution in [0.2, 0.25) is 0 Å². The zero-order valence-electron chi connectivity index (χ0n) is 37.8. The third-order valence-electron chi connectivity index (χ3n) is 11.5. The van der Waals surface area contributed by atoms with Gasteiger partial charge >= 0.3 is 6.09 Å². The number of anilines is 2. The number of hydrogen-bond donors (Lipinski definition) is 3. The number of carbonyl (C=O) groups is 2. The molecule has 15 nitrogen and oxygen atoms in total. The van der Waals surface area contributed by atoms with E-state index in [4.69, 9.17) is 29.9 Å². The SMILES string of the molecule is CC(C)(C)OC(=O)N1CCN(Cc2c(-c3ccccc3N)nc3ccccn23)CC1.COc1ccc(C(=O)Nc2ccccc2-c2nc3ccccn3c2CN2CCNCC2)c(OC)c1. The van der Waals surface area contributed by atoms with E-state index in [2.05, 4.69) is 29.2 Å². The monoisotopic (exact) mass is 878 g/mol. The fourth-order valence-corrected chi connectivity index (χ4v) is 8.22. The summed E-state index contributed by atoms with van der Waals surface area (Å²) in [4.78, 5) is 42.0. The van der Waals surface area contributed by atoms with E-state index in [1.807, 2.05) is 118 Å². The first-order valence-corrected chi connectivity index (χ1v) is 22.0. The van der Waals surface area contributed by atoms with E-state index in [0.29, 0.717) is 35.8 Å². The van der Waals surface area contributed by atoms with E-state index in [0.717, 1.165) is 103 Å². The topological polar surface area (TPSA) is 156 Å². The lowest BCUT2D eigenvalue weighted by atomic mass is 10.1. The smallest absolute Gasteiger partial charge is 0.410 e. The van der Waals surface area contributed by atoms with Crippen LogP contribution in [-0.2, 0) is 17.8 Å². The molecule has 6 heterocycles. The number of imidazole rings is 2. The molecule has 2 aliphatic rings. The highest BCUT2D eigenvalue weighted by Gasteiger charge is 2.28. The van der Waals surface area contributed by atoms with Gasteiger partial charge in [0.25, 0.3) is 5.91 Å². The van der Waals surface area contributed by atoms with Crippen molar-refractivity contribution in [3.8, 4) is 34.0 Å². The first kappa shape index (κ1) is 44.7. The summed E-state index contributed by atoms with van der Waals surface area (Å²) in [7, 11) is 3.12. The Morgan fingerprint density at radius 2 is 1.26 bits per heavy atom. The predicted octanol–water partition coefficient (Wildman–Crippen LogP) is 7.31. The Morgan fingerprint density at radius 3 is 1.86 bits per heavy atom. The Bertz CT molecular complexity index is 2760. The van der Waals surface area contributed by atoms with Crippen molar-refractivity contribution < 1.29 is 23.8 Å². The number of aromatic nitrogens is 4. The highest BCUT2D eigenvalue weighted by atomic mass is 16.6. The van der Waals surface area contributed by atoms with E-state index in [9.17, 15) is 9.59 Å². The van der Waals surface area contributed by atoms with Crippen molar-refractivity contribution in [2.24, 2.45) is 0 Å². The summed E-state index contributed by atoms with van der Waals surface area (Å²) < 4.78 is 20.5. The molecule has 0 bridgehead atoms. The number of fused-ring (bicyclic) bond motifs is 2. The number of hydrogen-bond acceptors (Lipinski definition) is 11. The number of nitrogens with zero attached hydrogens (tertiary/aromatic N) is 7. The predicted molar refractivity (Wildman–Crippen MR) is 254 cm³/mol. The summed E-state index contributed by atoms with van der Waals surface area (Å²) in [6.45, 7) is 14.0. The first-order chi connectivity index (χ1) is 31.5. The van der Waals surface area contributed by atoms with E-state index in [1.54, 1.807) is 37.3 Å². The Kier molecular flexibility index (Phi) is 13.6. The minimum absolute atomic E-state index is 0.241. The van der Waals surface area contributed by atoms with Crippen LogP contribution in [0.3, 0.4) is 0 Å². The van der Waals surface area contributed by atoms with Gasteiger partial charge in [0.1, 0.15) is 28.4 Å². The van der Waals surface area contributed by atoms with Crippen molar-refractivity contribution in [1.82, 2.24) is 38.8 Å². The Morgan fingerprint density at radius 1 is 0.692 bits per heavy atom. The first-order valence-electron chi connectivity index (χ1n) is 22.0. The zero-order valence-corrected chi connectivity index (χ0v) is 37.8. The van der Waals surface area contributed by atoms with E-state index in [-0.39, 0.29) is 12.0 Å². The van der Waals surface area contributed by atoms with Gasteiger partial charge in [-0.15, -0.1) is 0 Å². The van der Waals surface area contributed by atoms with Crippen molar-refractivity contribution in [3.05, 3.63) is 132 Å². The number of ether oxygens (including phenoxy) is 3. The molecule has 0 saturated carbocycles. The number of carbonyl (C=O) groups excluding carboxylic acids is 2. The van der Waals surface area contributed by atoms with Crippen molar-refractivity contribution in [3.63, 3.8) is 0 Å². The number of methoxy groups -OCH3 is 2. The second-order valence-electron chi connectivity index (χ2n) is 17.1. The summed E-state index contributed by atoms with van der Waals surface area (Å²) in [5, 5.41) is 6.49. The summed E-state index contributed by atoms with van der Waals surface area (Å²) in [5.41, 5.74) is 15.2. The van der Waals surface area contributed by atoms with Crippen molar-refractivity contribution in [1.29, 1.82) is 0 Å². The number of nitrogen functional groups attached to an aromatic ring is 1. The van der Waals surface area contributed by atoms with Gasteiger partial charge < -0.3 is 44.3 Å². The van der Waals surface area contributed by atoms with Crippen LogP contribution in [-0.4, -0.2) is 118 Å². The van der Waals surface area contributed by atoms with Crippen molar-refractivity contribution in [2.75, 3.05) is 77.6 Å². The lowest BCUT2D eigenvalue weighted by Gasteiger charge is -2.35. The Balaban J connectivity index is 0.000000179. The standard InChI is InChI=1S/C27H29N5O3.C23H29N5O2/c1-34-19-10-11-21(24(17-19)35-2)27(33)29-22-8-4-3-7-20(22)26-23(18-31-15-12-28-13-16-31)32-14-6-5-9-25(32)30-26;1-23(2,3)30-22(29)27-14-12-26(13-15-27)16-19-21(17-8-4-5-9-18(17)24)25-20-10-6-7-11-28(19)20/h3-11,14,17,28H,12-13,15-16,18H2,1-2H3,(H,29,33);4-11H,12-16,24H2,1-3H3. The molecule has 4 N–H and O–H groups in total. The molecule has 65 heavy (non-hydrogen) atoms. The fraction of sp³-hybridized carbons (Fsp3) is 0.320. The highest BCUT2D eigenvalue weighted by Crippen LogP contribution is 2.34. The maximum atomic E-state index is 13.3. The van der Waals surface area contributed by atoms with Crippen LogP contribution < -0.4 is 25.8 Å². The lowest BCUT2D eigenvalue weighted by Crippen LogP contribution is -2.49. The van der Waals surface area contributed by atoms with Gasteiger partial charge in [0.05, 0.1) is 48.2 Å². The lowest BCUT2D eigenvalue weighted by molar-refractivity contribution is 0.0138. The molecule has 2 fully saturated rings. The number of rotatable bonds is 10. The van der Waals surface area contributed by atoms with Crippen LogP contribution in [0, 0.1) is 0 Å². The molecule has 2 amide bonds. The molecule has 0 spiro atoms. The maximum Gasteiger partial charge on any atom is 0.410 e. The van der Waals surface area contributed by atoms with E-state index in [1.165, 1.54) is 0 Å². The van der Waals surface area contributed by atoms with E-state index >= 15 is 0 Å². The molecule has 3 aromatic carbocycles. The second-order valence-corrected chi connectivity index (χ2v) is 17.1. The van der Waals surface area contributed by atoms with Crippen molar-refractivity contribution in [2.45, 2.75) is 39.5 Å². The molecule has 2 saturated heterocycles. The Labute approximate surface area is 379 Å². The normalized spacial score (nSPS) is 14.8. The van der Waals surface area contributed by atoms with Crippen LogP contribution in [0.1, 0.15) is 42.5 Å². The average Bonchev–Trinajstić information content (AvgIpc) is 3.87. The largest absolute Gasteiger partial charge is 0.497 e. The highest BCUT2D eigenvalue weighted by molar-refractivity contribution is 6.08. The number of nitrogens with one attached hydrogen (secondary N) is 2. The molecular formula is C50H58N10O5. The molecule has 2 aliphatic heterocycles. The fourth-order valence-electron chi connectivity index (χ4n) is 8.22. The molecule has 0 atom stereocenters. The number of amides is 2. The second kappa shape index (κ2) is 19.8. The van der Waals surface area contributed by atoms with Crippen LogP contribution in [0.25, 0.3) is 33.8 Å². The van der Waals surface area contributed by atoms with Crippen molar-refractivity contribution >= 4 is 34.7 Å². The van der Waals surface area contributed by atoms with Gasteiger partial charge in [0, 0.05) is 101 Å². The van der Waals surface area contributed by atoms with Crippen LogP contribution in [0.15, 0.2) is 116 Å². The van der Waals surface area contributed by atoms with Crippen LogP contribution >= 0.6 is 0 Å². The van der Waals surface area contributed by atoms with Gasteiger partial charge in [0.2, 0.25) is 0 Å². The maximum absolute atomic E-state index is 13.3. The van der Waals surface area contributed by atoms with Gasteiger partial charge in [-0.25, -0.2) is 14.8 Å². The number of para-hydroxylation sites is 2. The number of pyridine rings is 2. The zero-order chi connectivity index (χ0) is 45.5. The molecule has 0 radical (unpaired) electrons. The van der Waals surface area contributed by atoms with Crippen LogP contribution in [0.4, 0.5) is 16.2 Å². The number of nitrogens with two attached hydrogens (primary N) is 1. The van der Waals surface area contributed by atoms with Gasteiger partial charge in [-0.1, -0.05) is 48.5 Å². The summed E-state index contributed by atoms with van der Waals surface area (Å²) >= 11 is 0.